The Labute approximate surface area is 231 Å². The van der Waals surface area contributed by atoms with Gasteiger partial charge in [0, 0.05) is 23.9 Å². The Bertz CT molecular complexity index is 1310. The van der Waals surface area contributed by atoms with Gasteiger partial charge in [0.1, 0.15) is 23.3 Å². The van der Waals surface area contributed by atoms with Gasteiger partial charge in [0.25, 0.3) is 11.8 Å². The number of nitrogens with zero attached hydrogens (tertiary/aromatic N) is 2. The molecule has 1 aliphatic heterocycles. The van der Waals surface area contributed by atoms with Crippen molar-refractivity contribution in [3.05, 3.63) is 77.4 Å². The van der Waals surface area contributed by atoms with Gasteiger partial charge in [0.2, 0.25) is 5.78 Å². The van der Waals surface area contributed by atoms with Crippen LogP contribution in [-0.2, 0) is 0 Å². The maximum atomic E-state index is 13.2. The number of methoxy groups -OCH3 is 2. The van der Waals surface area contributed by atoms with E-state index in [9.17, 15) is 19.5 Å². The summed E-state index contributed by atoms with van der Waals surface area (Å²) in [5.41, 5.74) is 0.823. The summed E-state index contributed by atoms with van der Waals surface area (Å²) in [5, 5.41) is 19.6. The van der Waals surface area contributed by atoms with Gasteiger partial charge in [0.15, 0.2) is 11.5 Å². The molecule has 1 saturated heterocycles. The molecule has 0 saturated carbocycles. The highest BCUT2D eigenvalue weighted by atomic mass is 35.5. The molecule has 2 atom stereocenters. The molecule has 2 amide bonds. The zero-order valence-electron chi connectivity index (χ0n) is 21.5. The van der Waals surface area contributed by atoms with Crippen molar-refractivity contribution in [1.29, 1.82) is 0 Å². The Morgan fingerprint density at radius 3 is 2.33 bits per heavy atom. The van der Waals surface area contributed by atoms with Gasteiger partial charge in [0.05, 0.1) is 26.3 Å². The largest absolute Gasteiger partial charge is 0.507 e. The second-order valence-corrected chi connectivity index (χ2v) is 8.70. The summed E-state index contributed by atoms with van der Waals surface area (Å²) in [6, 6.07) is 9.82. The van der Waals surface area contributed by atoms with Crippen molar-refractivity contribution < 1.29 is 29.0 Å². The summed E-state index contributed by atoms with van der Waals surface area (Å²) >= 11 is 0. The van der Waals surface area contributed by atoms with Crippen molar-refractivity contribution in [1.82, 2.24) is 25.9 Å². The van der Waals surface area contributed by atoms with Crippen LogP contribution in [-0.4, -0.2) is 72.1 Å². The number of carbonyl (C=O) groups is 3. The lowest BCUT2D eigenvalue weighted by molar-refractivity contribution is 0.0880. The number of rotatable bonds is 8. The van der Waals surface area contributed by atoms with E-state index in [0.29, 0.717) is 24.3 Å². The Hall–Kier alpha value is -4.22. The first-order chi connectivity index (χ1) is 18.4. The van der Waals surface area contributed by atoms with Gasteiger partial charge >= 0.3 is 0 Å². The van der Waals surface area contributed by atoms with Gasteiger partial charge in [-0.1, -0.05) is 12.1 Å². The van der Waals surface area contributed by atoms with Gasteiger partial charge in [-0.15, -0.1) is 12.4 Å². The van der Waals surface area contributed by atoms with Crippen molar-refractivity contribution in [2.75, 3.05) is 27.3 Å². The van der Waals surface area contributed by atoms with E-state index in [-0.39, 0.29) is 64.6 Å². The first kappa shape index (κ1) is 29.3. The van der Waals surface area contributed by atoms with Crippen LogP contribution in [0.2, 0.25) is 0 Å². The van der Waals surface area contributed by atoms with Crippen LogP contribution in [0, 0.1) is 0 Å². The van der Waals surface area contributed by atoms with E-state index in [2.05, 4.69) is 25.9 Å². The number of hydrogen-bond acceptors (Lipinski definition) is 9. The highest BCUT2D eigenvalue weighted by Gasteiger charge is 2.28. The number of halogens is 1. The lowest BCUT2D eigenvalue weighted by atomic mass is 9.99. The van der Waals surface area contributed by atoms with Gasteiger partial charge in [-0.2, -0.15) is 0 Å². The monoisotopic (exact) mass is 555 g/mol. The van der Waals surface area contributed by atoms with Gasteiger partial charge < -0.3 is 30.5 Å². The average Bonchev–Trinajstić information content (AvgIpc) is 3.17. The predicted molar refractivity (Wildman–Crippen MR) is 145 cm³/mol. The molecule has 0 spiro atoms. The molecule has 2 heterocycles. The fraction of sp³-hybridized carbons (Fsp3) is 0.296. The van der Waals surface area contributed by atoms with Gasteiger partial charge in [-0.3, -0.25) is 14.4 Å². The Morgan fingerprint density at radius 2 is 1.67 bits per heavy atom. The first-order valence-corrected chi connectivity index (χ1v) is 12.1. The fourth-order valence-electron chi connectivity index (χ4n) is 4.34. The van der Waals surface area contributed by atoms with Crippen LogP contribution < -0.4 is 25.4 Å². The lowest BCUT2D eigenvalue weighted by Crippen LogP contribution is -2.54. The topological polar surface area (TPSA) is 152 Å². The molecule has 2 aromatic carbocycles. The summed E-state index contributed by atoms with van der Waals surface area (Å²) in [7, 11) is 2.82. The smallest absolute Gasteiger partial charge is 0.270 e. The number of amides is 2. The molecule has 39 heavy (non-hydrogen) atoms. The third-order valence-corrected chi connectivity index (χ3v) is 6.33. The Balaban J connectivity index is 0.00000420. The number of ketones is 1. The summed E-state index contributed by atoms with van der Waals surface area (Å²) in [6.45, 7) is 1.25. The number of ether oxygens (including phenoxy) is 2. The molecule has 1 fully saturated rings. The van der Waals surface area contributed by atoms with E-state index in [0.717, 1.165) is 13.0 Å². The average molecular weight is 556 g/mol. The van der Waals surface area contributed by atoms with Crippen LogP contribution in [0.15, 0.2) is 55.0 Å². The highest BCUT2D eigenvalue weighted by molar-refractivity contribution is 6.13. The molecule has 0 unspecified atom stereocenters. The predicted octanol–water partition coefficient (Wildman–Crippen LogP) is 2.13. The minimum atomic E-state index is -0.479. The third kappa shape index (κ3) is 6.81. The number of aromatic nitrogens is 2. The second-order valence-electron chi connectivity index (χ2n) is 8.70. The molecule has 3 aromatic rings. The van der Waals surface area contributed by atoms with Crippen molar-refractivity contribution >= 4 is 30.0 Å². The summed E-state index contributed by atoms with van der Waals surface area (Å²) < 4.78 is 10.5. The zero-order chi connectivity index (χ0) is 27.1. The molecule has 12 heteroatoms. The molecule has 0 bridgehead atoms. The quantitative estimate of drug-likeness (QED) is 0.306. The van der Waals surface area contributed by atoms with E-state index in [1.807, 2.05) is 0 Å². The van der Waals surface area contributed by atoms with Gasteiger partial charge in [-0.25, -0.2) is 9.97 Å². The van der Waals surface area contributed by atoms with Crippen molar-refractivity contribution in [3.8, 4) is 17.2 Å². The molecular weight excluding hydrogens is 526 g/mol. The lowest BCUT2D eigenvalue weighted by Gasteiger charge is -2.27. The van der Waals surface area contributed by atoms with Crippen LogP contribution in [0.3, 0.4) is 0 Å². The van der Waals surface area contributed by atoms with Crippen molar-refractivity contribution in [2.24, 2.45) is 0 Å². The van der Waals surface area contributed by atoms with Gasteiger partial charge in [-0.05, 0) is 49.7 Å². The van der Waals surface area contributed by atoms with Crippen LogP contribution in [0.5, 0.6) is 17.2 Å². The number of hydrogen-bond donors (Lipinski definition) is 4. The summed E-state index contributed by atoms with van der Waals surface area (Å²) in [5.74, 6) is -0.974. The molecule has 4 rings (SSSR count). The molecule has 1 aromatic heterocycles. The van der Waals surface area contributed by atoms with E-state index >= 15 is 0 Å². The number of aromatic hydroxyl groups is 1. The molecule has 0 aliphatic carbocycles. The van der Waals surface area contributed by atoms with Crippen LogP contribution in [0.25, 0.3) is 0 Å². The summed E-state index contributed by atoms with van der Waals surface area (Å²) in [6.07, 6.45) is 4.29. The number of phenolic OH excluding ortho intramolecular Hbond substituents is 1. The number of benzene rings is 2. The maximum absolute atomic E-state index is 13.2. The van der Waals surface area contributed by atoms with E-state index in [1.54, 1.807) is 0 Å². The van der Waals surface area contributed by atoms with Crippen LogP contribution in [0.4, 0.5) is 0 Å². The maximum Gasteiger partial charge on any atom is 0.270 e. The van der Waals surface area contributed by atoms with Crippen LogP contribution >= 0.6 is 12.4 Å². The number of carbonyl (C=O) groups excluding carboxylic acids is 3. The first-order valence-electron chi connectivity index (χ1n) is 12.1. The molecule has 1 aliphatic rings. The van der Waals surface area contributed by atoms with Crippen LogP contribution in [0.1, 0.15) is 49.6 Å². The van der Waals surface area contributed by atoms with E-state index < -0.39 is 5.78 Å². The molecule has 4 N–H and O–H groups in total. The zero-order valence-corrected chi connectivity index (χ0v) is 22.3. The van der Waals surface area contributed by atoms with Crippen molar-refractivity contribution in [2.45, 2.75) is 24.9 Å². The molecule has 11 nitrogen and oxygen atoms in total. The Morgan fingerprint density at radius 1 is 0.949 bits per heavy atom. The third-order valence-electron chi connectivity index (χ3n) is 6.33. The number of phenols is 1. The summed E-state index contributed by atoms with van der Waals surface area (Å²) in [4.78, 5) is 46.7. The van der Waals surface area contributed by atoms with Crippen molar-refractivity contribution in [3.63, 3.8) is 0 Å². The minimum absolute atomic E-state index is 0. The normalized spacial score (nSPS) is 16.7. The van der Waals surface area contributed by atoms with E-state index in [4.69, 9.17) is 9.47 Å². The standard InChI is InChI=1S/C27H29N5O6.ClH/c1-37-22-10-9-21(33)23(25(22)38-2)24(34)16-5-7-17(8-6-16)26(35)31-18-4-3-12-28-14-20(18)32-27(36)19-11-13-29-15-30-19;/h5-11,13,15,18,20,28,33H,3-4,12,14H2,1-2H3,(H,31,35)(H,32,36);1H/t18-,20-;/m1./s1. The second kappa shape index (κ2) is 13.5. The molecular formula is C27H30ClN5O6. The SMILES string of the molecule is COc1ccc(O)c(C(=O)c2ccc(C(=O)N[C@@H]3CCCNC[C@H]3NC(=O)c3ccncn3)cc2)c1OC.Cl. The fourth-order valence-corrected chi connectivity index (χ4v) is 4.34. The molecule has 206 valence electrons. The Kier molecular flexibility index (Phi) is 10.2. The number of nitrogens with one attached hydrogen (secondary N) is 3. The van der Waals surface area contributed by atoms with E-state index in [1.165, 1.54) is 69.2 Å². The minimum Gasteiger partial charge on any atom is -0.507 e. The molecule has 0 radical (unpaired) electrons. The highest BCUT2D eigenvalue weighted by Crippen LogP contribution is 2.38.